The van der Waals surface area contributed by atoms with Gasteiger partial charge >= 0.3 is 0 Å². The third-order valence-electron chi connectivity index (χ3n) is 4.51. The van der Waals surface area contributed by atoms with Crippen LogP contribution < -0.4 is 5.32 Å². The van der Waals surface area contributed by atoms with Gasteiger partial charge in [-0.25, -0.2) is 4.68 Å². The first-order chi connectivity index (χ1) is 13.3. The van der Waals surface area contributed by atoms with Crippen LogP contribution in [-0.2, 0) is 15.0 Å². The highest BCUT2D eigenvalue weighted by Crippen LogP contribution is 2.26. The van der Waals surface area contributed by atoms with Crippen LogP contribution in [0.15, 0.2) is 30.3 Å². The number of carbonyl (C=O) groups is 2. The summed E-state index contributed by atoms with van der Waals surface area (Å²) >= 11 is 0. The lowest BCUT2D eigenvalue weighted by molar-refractivity contribution is -0.134. The van der Waals surface area contributed by atoms with E-state index in [-0.39, 0.29) is 29.2 Å². The van der Waals surface area contributed by atoms with Crippen molar-refractivity contribution in [3.05, 3.63) is 41.6 Å². The zero-order valence-corrected chi connectivity index (χ0v) is 19.0. The fourth-order valence-corrected chi connectivity index (χ4v) is 2.79. The smallest absolute Gasteiger partial charge is 0.245 e. The zero-order chi connectivity index (χ0) is 22.0. The Kier molecular flexibility index (Phi) is 6.56. The van der Waals surface area contributed by atoms with Gasteiger partial charge in [0, 0.05) is 24.9 Å². The number of aromatic nitrogens is 2. The van der Waals surface area contributed by atoms with E-state index in [0.29, 0.717) is 12.2 Å². The molecule has 0 fully saturated rings. The zero-order valence-electron chi connectivity index (χ0n) is 19.0. The summed E-state index contributed by atoms with van der Waals surface area (Å²) in [6.45, 7) is 14.3. The summed E-state index contributed by atoms with van der Waals surface area (Å²) in [5, 5.41) is 7.65. The van der Waals surface area contributed by atoms with Crippen LogP contribution in [0, 0.1) is 12.3 Å². The van der Waals surface area contributed by atoms with Crippen LogP contribution in [0.5, 0.6) is 0 Å². The molecule has 0 aliphatic rings. The van der Waals surface area contributed by atoms with Crippen molar-refractivity contribution in [1.82, 2.24) is 14.7 Å². The number of nitrogens with one attached hydrogen (secondary N) is 1. The maximum Gasteiger partial charge on any atom is 0.245 e. The summed E-state index contributed by atoms with van der Waals surface area (Å²) in [6.07, 6.45) is 0.395. The van der Waals surface area contributed by atoms with Crippen molar-refractivity contribution < 1.29 is 9.59 Å². The molecule has 1 aromatic heterocycles. The third-order valence-corrected chi connectivity index (χ3v) is 4.51. The number of nitrogens with zero attached hydrogens (tertiary/aromatic N) is 3. The van der Waals surface area contributed by atoms with E-state index < -0.39 is 0 Å². The molecule has 2 amide bonds. The second kappa shape index (κ2) is 8.39. The van der Waals surface area contributed by atoms with Gasteiger partial charge in [0.05, 0.1) is 17.9 Å². The van der Waals surface area contributed by atoms with Gasteiger partial charge in [0.15, 0.2) is 0 Å². The van der Waals surface area contributed by atoms with Crippen LogP contribution in [0.2, 0.25) is 0 Å². The number of carbonyl (C=O) groups excluding carboxylic acids is 2. The third kappa shape index (κ3) is 6.44. The Hall–Kier alpha value is -2.63. The molecule has 0 unspecified atom stereocenters. The van der Waals surface area contributed by atoms with Crippen molar-refractivity contribution in [1.29, 1.82) is 0 Å². The van der Waals surface area contributed by atoms with Crippen molar-refractivity contribution >= 4 is 17.6 Å². The molecule has 1 heterocycles. The highest BCUT2D eigenvalue weighted by atomic mass is 16.2. The molecule has 158 valence electrons. The molecule has 0 saturated carbocycles. The molecule has 2 aromatic rings. The molecule has 1 N–H and O–H groups in total. The molecule has 0 spiro atoms. The second-order valence-corrected chi connectivity index (χ2v) is 9.95. The van der Waals surface area contributed by atoms with Gasteiger partial charge in [-0.05, 0) is 24.5 Å². The maximum atomic E-state index is 12.6. The Morgan fingerprint density at radius 3 is 2.17 bits per heavy atom. The quantitative estimate of drug-likeness (QED) is 0.816. The van der Waals surface area contributed by atoms with Crippen LogP contribution in [-0.4, -0.2) is 40.1 Å². The minimum atomic E-state index is -0.247. The normalized spacial score (nSPS) is 12.0. The molecule has 0 radical (unpaired) electrons. The summed E-state index contributed by atoms with van der Waals surface area (Å²) in [5.41, 5.74) is 2.63. The second-order valence-electron chi connectivity index (χ2n) is 9.95. The minimum absolute atomic E-state index is 0.00115. The average molecular weight is 399 g/mol. The van der Waals surface area contributed by atoms with Gasteiger partial charge in [-0.15, -0.1) is 0 Å². The van der Waals surface area contributed by atoms with Gasteiger partial charge in [0.1, 0.15) is 5.82 Å². The first-order valence-corrected chi connectivity index (χ1v) is 9.98. The number of amides is 2. The Morgan fingerprint density at radius 1 is 1.07 bits per heavy atom. The van der Waals surface area contributed by atoms with Gasteiger partial charge in [0.25, 0.3) is 0 Å². The van der Waals surface area contributed by atoms with Crippen LogP contribution in [0.4, 0.5) is 5.82 Å². The first kappa shape index (κ1) is 22.7. The summed E-state index contributed by atoms with van der Waals surface area (Å²) in [5.74, 6) is 0.305. The number of anilines is 1. The molecule has 2 rings (SSSR count). The van der Waals surface area contributed by atoms with E-state index in [1.807, 2.05) is 58.0 Å². The first-order valence-electron chi connectivity index (χ1n) is 9.98. The minimum Gasteiger partial charge on any atom is -0.336 e. The van der Waals surface area contributed by atoms with Crippen molar-refractivity contribution in [2.75, 3.05) is 18.9 Å². The Balaban J connectivity index is 2.22. The molecule has 0 aliphatic carbocycles. The van der Waals surface area contributed by atoms with E-state index >= 15 is 0 Å². The number of aryl methyl sites for hydroxylation is 1. The molecule has 6 heteroatoms. The number of rotatable bonds is 5. The fraction of sp³-hybridized carbons (Fsp3) is 0.522. The molecule has 6 nitrogen and oxygen atoms in total. The lowest BCUT2D eigenvalue weighted by Crippen LogP contribution is -2.36. The Morgan fingerprint density at radius 2 is 1.66 bits per heavy atom. The van der Waals surface area contributed by atoms with Gasteiger partial charge in [-0.1, -0.05) is 59.2 Å². The van der Waals surface area contributed by atoms with Crippen molar-refractivity contribution in [2.24, 2.45) is 5.41 Å². The molecular formula is C23H34N4O2. The largest absolute Gasteiger partial charge is 0.336 e. The van der Waals surface area contributed by atoms with E-state index in [1.54, 1.807) is 11.7 Å². The summed E-state index contributed by atoms with van der Waals surface area (Å²) in [4.78, 5) is 26.4. The van der Waals surface area contributed by atoms with E-state index in [0.717, 1.165) is 16.9 Å². The topological polar surface area (TPSA) is 67.2 Å². The average Bonchev–Trinajstić information content (AvgIpc) is 2.97. The van der Waals surface area contributed by atoms with E-state index in [9.17, 15) is 9.59 Å². The SMILES string of the molecule is Cc1ccc(-n2nc(C(C)(C)C)cc2NC(=O)CN(C)C(=O)CC(C)(C)C)cc1. The fourth-order valence-electron chi connectivity index (χ4n) is 2.79. The molecule has 1 aromatic carbocycles. The van der Waals surface area contributed by atoms with Crippen LogP contribution in [0.25, 0.3) is 5.69 Å². The molecule has 0 aliphatic heterocycles. The Bertz CT molecular complexity index is 868. The summed E-state index contributed by atoms with van der Waals surface area (Å²) < 4.78 is 1.74. The van der Waals surface area contributed by atoms with E-state index in [2.05, 4.69) is 26.1 Å². The van der Waals surface area contributed by atoms with Crippen molar-refractivity contribution in [2.45, 2.75) is 60.3 Å². The highest BCUT2D eigenvalue weighted by Gasteiger charge is 2.23. The van der Waals surface area contributed by atoms with Gasteiger partial charge in [0.2, 0.25) is 11.8 Å². The van der Waals surface area contributed by atoms with Crippen molar-refractivity contribution in [3.63, 3.8) is 0 Å². The summed E-state index contributed by atoms with van der Waals surface area (Å²) in [6, 6.07) is 9.87. The van der Waals surface area contributed by atoms with E-state index in [4.69, 9.17) is 5.10 Å². The van der Waals surface area contributed by atoms with Crippen LogP contribution >= 0.6 is 0 Å². The van der Waals surface area contributed by atoms with Crippen LogP contribution in [0.3, 0.4) is 0 Å². The highest BCUT2D eigenvalue weighted by molar-refractivity contribution is 5.94. The van der Waals surface area contributed by atoms with E-state index in [1.165, 1.54) is 4.90 Å². The molecular weight excluding hydrogens is 364 g/mol. The number of hydrogen-bond acceptors (Lipinski definition) is 3. The maximum absolute atomic E-state index is 12.6. The summed E-state index contributed by atoms with van der Waals surface area (Å²) in [7, 11) is 1.66. The van der Waals surface area contributed by atoms with Gasteiger partial charge < -0.3 is 10.2 Å². The molecule has 0 bridgehead atoms. The van der Waals surface area contributed by atoms with Crippen LogP contribution in [0.1, 0.15) is 59.2 Å². The van der Waals surface area contributed by atoms with Gasteiger partial charge in [-0.2, -0.15) is 5.10 Å². The van der Waals surface area contributed by atoms with Crippen molar-refractivity contribution in [3.8, 4) is 5.69 Å². The Labute approximate surface area is 174 Å². The lowest BCUT2D eigenvalue weighted by Gasteiger charge is -2.23. The molecule has 29 heavy (non-hydrogen) atoms. The lowest BCUT2D eigenvalue weighted by atomic mass is 9.92. The molecule has 0 atom stereocenters. The number of likely N-dealkylation sites (N-methyl/N-ethyl adjacent to an activating group) is 1. The predicted octanol–water partition coefficient (Wildman–Crippen LogP) is 4.31. The monoisotopic (exact) mass is 398 g/mol. The van der Waals surface area contributed by atoms with Gasteiger partial charge in [-0.3, -0.25) is 9.59 Å². The number of benzene rings is 1. The standard InChI is InChI=1S/C23H34N4O2/c1-16-9-11-17(12-10-16)27-19(13-18(25-27)23(5,6)7)24-20(28)15-26(8)21(29)14-22(2,3)4/h9-13H,14-15H2,1-8H3,(H,24,28). The number of hydrogen-bond donors (Lipinski definition) is 1. The predicted molar refractivity (Wildman–Crippen MR) is 117 cm³/mol. The molecule has 0 saturated heterocycles.